The summed E-state index contributed by atoms with van der Waals surface area (Å²) in [7, 11) is 0. The fourth-order valence-electron chi connectivity index (χ4n) is 1.06. The summed E-state index contributed by atoms with van der Waals surface area (Å²) in [6.07, 6.45) is 2.59. The Morgan fingerprint density at radius 3 is 2.75 bits per heavy atom. The van der Waals surface area contributed by atoms with Crippen molar-refractivity contribution in [2.45, 2.75) is 13.8 Å². The van der Waals surface area contributed by atoms with Crippen LogP contribution in [0.3, 0.4) is 0 Å². The summed E-state index contributed by atoms with van der Waals surface area (Å²) < 4.78 is 4.75. The van der Waals surface area contributed by atoms with Crippen LogP contribution in [0, 0.1) is 0 Å². The lowest BCUT2D eigenvalue weighted by atomic mass is 10.2. The van der Waals surface area contributed by atoms with Gasteiger partial charge in [0.25, 0.3) is 5.56 Å². The lowest BCUT2D eigenvalue weighted by Gasteiger charge is -2.00. The van der Waals surface area contributed by atoms with Gasteiger partial charge in [0.15, 0.2) is 0 Å². The predicted octanol–water partition coefficient (Wildman–Crippen LogP) is 0.0296. The maximum absolute atomic E-state index is 11.3. The first kappa shape index (κ1) is 12.0. The number of carbonyl (C=O) groups excluding carboxylic acids is 1. The van der Waals surface area contributed by atoms with Crippen LogP contribution in [0.2, 0.25) is 0 Å². The molecule has 1 aromatic heterocycles. The molecule has 16 heavy (non-hydrogen) atoms. The molecule has 0 saturated carbocycles. The molecule has 0 spiro atoms. The Hall–Kier alpha value is -2.11. The summed E-state index contributed by atoms with van der Waals surface area (Å²) in [4.78, 5) is 37.6. The molecule has 0 aromatic carbocycles. The van der Waals surface area contributed by atoms with Crippen molar-refractivity contribution in [3.05, 3.63) is 38.2 Å². The molecule has 2 N–H and O–H groups in total. The third kappa shape index (κ3) is 2.94. The highest BCUT2D eigenvalue weighted by atomic mass is 16.5. The molecule has 0 atom stereocenters. The Labute approximate surface area is 91.0 Å². The van der Waals surface area contributed by atoms with Gasteiger partial charge in [-0.2, -0.15) is 0 Å². The zero-order valence-electron chi connectivity index (χ0n) is 8.99. The fourth-order valence-corrected chi connectivity index (χ4v) is 1.06. The van der Waals surface area contributed by atoms with Gasteiger partial charge in [-0.05, 0) is 19.9 Å². The maximum Gasteiger partial charge on any atom is 0.333 e. The van der Waals surface area contributed by atoms with E-state index < -0.39 is 17.2 Å². The first-order chi connectivity index (χ1) is 7.54. The molecule has 0 fully saturated rings. The molecule has 1 rings (SSSR count). The predicted molar refractivity (Wildman–Crippen MR) is 58.0 cm³/mol. The van der Waals surface area contributed by atoms with Crippen LogP contribution < -0.4 is 11.2 Å². The zero-order chi connectivity index (χ0) is 12.1. The molecule has 0 unspecified atom stereocenters. The standard InChI is InChI=1S/C10H12N2O4/c1-3-16-9(14)6(2)4-7-5-11-10(15)12-8(7)13/h4-5H,3H2,1-2H3,(H2,11,12,13,15)/b6-4-. The largest absolute Gasteiger partial charge is 0.463 e. The van der Waals surface area contributed by atoms with Gasteiger partial charge in [0.05, 0.1) is 12.2 Å². The average molecular weight is 224 g/mol. The Morgan fingerprint density at radius 2 is 2.19 bits per heavy atom. The molecule has 0 aliphatic heterocycles. The summed E-state index contributed by atoms with van der Waals surface area (Å²) in [5.41, 5.74) is -0.645. The van der Waals surface area contributed by atoms with Crippen LogP contribution in [-0.2, 0) is 9.53 Å². The van der Waals surface area contributed by atoms with E-state index in [1.807, 2.05) is 0 Å². The van der Waals surface area contributed by atoms with Gasteiger partial charge >= 0.3 is 11.7 Å². The minimum absolute atomic E-state index is 0.199. The van der Waals surface area contributed by atoms with E-state index in [2.05, 4.69) is 9.97 Å². The number of H-pyrrole nitrogens is 2. The Balaban J connectivity index is 3.03. The van der Waals surface area contributed by atoms with E-state index in [9.17, 15) is 14.4 Å². The zero-order valence-corrected chi connectivity index (χ0v) is 8.99. The van der Waals surface area contributed by atoms with Crippen molar-refractivity contribution in [2.75, 3.05) is 6.61 Å². The smallest absolute Gasteiger partial charge is 0.333 e. The van der Waals surface area contributed by atoms with Crippen LogP contribution in [0.1, 0.15) is 19.4 Å². The molecule has 0 bridgehead atoms. The third-order valence-electron chi connectivity index (χ3n) is 1.82. The first-order valence-corrected chi connectivity index (χ1v) is 4.72. The number of hydrogen-bond donors (Lipinski definition) is 2. The molecular formula is C10H12N2O4. The monoisotopic (exact) mass is 224 g/mol. The molecular weight excluding hydrogens is 212 g/mol. The van der Waals surface area contributed by atoms with E-state index in [1.54, 1.807) is 6.92 Å². The maximum atomic E-state index is 11.3. The number of ether oxygens (including phenoxy) is 1. The number of esters is 1. The van der Waals surface area contributed by atoms with Crippen molar-refractivity contribution >= 4 is 12.0 Å². The molecule has 86 valence electrons. The average Bonchev–Trinajstić information content (AvgIpc) is 2.22. The number of hydrogen-bond acceptors (Lipinski definition) is 4. The molecule has 6 heteroatoms. The van der Waals surface area contributed by atoms with E-state index >= 15 is 0 Å². The van der Waals surface area contributed by atoms with Gasteiger partial charge in [-0.1, -0.05) is 0 Å². The molecule has 0 amide bonds. The molecule has 0 aliphatic rings. The second-order valence-corrected chi connectivity index (χ2v) is 3.08. The minimum atomic E-state index is -0.587. The lowest BCUT2D eigenvalue weighted by molar-refractivity contribution is -0.138. The minimum Gasteiger partial charge on any atom is -0.463 e. The highest BCUT2D eigenvalue weighted by molar-refractivity contribution is 5.92. The Kier molecular flexibility index (Phi) is 3.82. The SMILES string of the molecule is CCOC(=O)/C(C)=C\c1c[nH]c(=O)[nH]c1=O. The van der Waals surface area contributed by atoms with Gasteiger partial charge in [0, 0.05) is 11.8 Å². The van der Waals surface area contributed by atoms with Gasteiger partial charge in [0.1, 0.15) is 0 Å². The van der Waals surface area contributed by atoms with Crippen molar-refractivity contribution < 1.29 is 9.53 Å². The fraction of sp³-hybridized carbons (Fsp3) is 0.300. The Morgan fingerprint density at radius 1 is 1.50 bits per heavy atom. The van der Waals surface area contributed by atoms with Crippen molar-refractivity contribution in [1.82, 2.24) is 9.97 Å². The molecule has 6 nitrogen and oxygen atoms in total. The van der Waals surface area contributed by atoms with Crippen LogP contribution in [0.15, 0.2) is 21.4 Å². The van der Waals surface area contributed by atoms with Gasteiger partial charge in [0.2, 0.25) is 0 Å². The molecule has 0 saturated heterocycles. The first-order valence-electron chi connectivity index (χ1n) is 4.72. The number of aromatic amines is 2. The summed E-state index contributed by atoms with van der Waals surface area (Å²) in [6.45, 7) is 3.49. The van der Waals surface area contributed by atoms with Crippen LogP contribution in [-0.4, -0.2) is 22.5 Å². The molecule has 1 heterocycles. The van der Waals surface area contributed by atoms with Crippen LogP contribution in [0.4, 0.5) is 0 Å². The second-order valence-electron chi connectivity index (χ2n) is 3.08. The van der Waals surface area contributed by atoms with Crippen molar-refractivity contribution in [2.24, 2.45) is 0 Å². The molecule has 1 aromatic rings. The summed E-state index contributed by atoms with van der Waals surface area (Å²) >= 11 is 0. The van der Waals surface area contributed by atoms with Gasteiger partial charge in [-0.15, -0.1) is 0 Å². The quantitative estimate of drug-likeness (QED) is 0.559. The Bertz CT molecular complexity index is 524. The van der Waals surface area contributed by atoms with Crippen LogP contribution >= 0.6 is 0 Å². The number of aromatic nitrogens is 2. The normalized spacial score (nSPS) is 11.2. The van der Waals surface area contributed by atoms with Crippen LogP contribution in [0.25, 0.3) is 6.08 Å². The van der Waals surface area contributed by atoms with E-state index in [0.29, 0.717) is 5.57 Å². The number of rotatable bonds is 3. The van der Waals surface area contributed by atoms with Gasteiger partial charge in [-0.3, -0.25) is 9.78 Å². The summed E-state index contributed by atoms with van der Waals surface area (Å²) in [5.74, 6) is -0.492. The molecule has 0 radical (unpaired) electrons. The lowest BCUT2D eigenvalue weighted by Crippen LogP contribution is -2.23. The van der Waals surface area contributed by atoms with Crippen molar-refractivity contribution in [3.8, 4) is 0 Å². The van der Waals surface area contributed by atoms with E-state index in [1.165, 1.54) is 19.2 Å². The second kappa shape index (κ2) is 5.11. The highest BCUT2D eigenvalue weighted by Gasteiger charge is 2.05. The van der Waals surface area contributed by atoms with E-state index in [0.717, 1.165) is 0 Å². The highest BCUT2D eigenvalue weighted by Crippen LogP contribution is 2.01. The third-order valence-corrected chi connectivity index (χ3v) is 1.82. The van der Waals surface area contributed by atoms with Crippen molar-refractivity contribution in [1.29, 1.82) is 0 Å². The van der Waals surface area contributed by atoms with Gasteiger partial charge in [-0.25, -0.2) is 9.59 Å². The van der Waals surface area contributed by atoms with Gasteiger partial charge < -0.3 is 9.72 Å². The van der Waals surface area contributed by atoms with E-state index in [-0.39, 0.29) is 12.2 Å². The number of nitrogens with one attached hydrogen (secondary N) is 2. The topological polar surface area (TPSA) is 92.0 Å². The van der Waals surface area contributed by atoms with Crippen LogP contribution in [0.5, 0.6) is 0 Å². The van der Waals surface area contributed by atoms with Crippen molar-refractivity contribution in [3.63, 3.8) is 0 Å². The van der Waals surface area contributed by atoms with E-state index in [4.69, 9.17) is 4.74 Å². The molecule has 0 aliphatic carbocycles. The number of carbonyl (C=O) groups is 1. The summed E-state index contributed by atoms with van der Waals surface area (Å²) in [6, 6.07) is 0. The summed E-state index contributed by atoms with van der Waals surface area (Å²) in [5, 5.41) is 0.